The van der Waals surface area contributed by atoms with Crippen LogP contribution >= 0.6 is 0 Å². The van der Waals surface area contributed by atoms with E-state index in [1.165, 1.54) is 12.8 Å². The van der Waals surface area contributed by atoms with E-state index in [4.69, 9.17) is 10.5 Å². The molecule has 5 heteroatoms. The molecule has 1 heterocycles. The van der Waals surface area contributed by atoms with Gasteiger partial charge in [-0.1, -0.05) is 6.42 Å². The van der Waals surface area contributed by atoms with Crippen LogP contribution < -0.4 is 16.0 Å². The highest BCUT2D eigenvalue weighted by Gasteiger charge is 2.26. The van der Waals surface area contributed by atoms with Gasteiger partial charge in [-0.3, -0.25) is 4.79 Å². The molecule has 2 atom stereocenters. The topological polar surface area (TPSA) is 70.1 Å². The van der Waals surface area contributed by atoms with E-state index in [0.717, 1.165) is 6.42 Å². The van der Waals surface area contributed by atoms with Crippen LogP contribution in [0.4, 0.5) is 0 Å². The lowest BCUT2D eigenvalue weighted by Crippen LogP contribution is -2.27. The summed E-state index contributed by atoms with van der Waals surface area (Å²) in [7, 11) is 0. The summed E-state index contributed by atoms with van der Waals surface area (Å²) in [5.74, 6) is 1.20. The van der Waals surface area contributed by atoms with Crippen molar-refractivity contribution in [1.29, 1.82) is 0 Å². The van der Waals surface area contributed by atoms with Crippen LogP contribution in [0, 0.1) is 11.8 Å². The molecule has 2 rings (SSSR count). The molecule has 1 aromatic rings. The molecule has 18 heavy (non-hydrogen) atoms. The van der Waals surface area contributed by atoms with Crippen LogP contribution in [0.1, 0.15) is 26.2 Å². The fraction of sp³-hybridized carbons (Fsp3) is 0.692. The van der Waals surface area contributed by atoms with Gasteiger partial charge in [0, 0.05) is 18.9 Å². The summed E-state index contributed by atoms with van der Waals surface area (Å²) in [6, 6.07) is 0. The van der Waals surface area contributed by atoms with Crippen molar-refractivity contribution in [3.05, 3.63) is 22.7 Å². The lowest BCUT2D eigenvalue weighted by molar-refractivity contribution is 0.206. The molecule has 1 aliphatic rings. The molecule has 0 radical (unpaired) electrons. The Morgan fingerprint density at radius 2 is 2.28 bits per heavy atom. The number of ether oxygens (including phenoxy) is 1. The second-order valence-corrected chi connectivity index (χ2v) is 4.82. The quantitative estimate of drug-likeness (QED) is 0.848. The first kappa shape index (κ1) is 13.1. The van der Waals surface area contributed by atoms with E-state index < -0.39 is 0 Å². The van der Waals surface area contributed by atoms with Crippen molar-refractivity contribution in [2.75, 3.05) is 13.2 Å². The number of hydrogen-bond acceptors (Lipinski definition) is 4. The zero-order valence-electron chi connectivity index (χ0n) is 10.8. The lowest BCUT2D eigenvalue weighted by Gasteiger charge is -2.17. The van der Waals surface area contributed by atoms with Gasteiger partial charge in [0.15, 0.2) is 0 Å². The minimum Gasteiger partial charge on any atom is -0.473 e. The van der Waals surface area contributed by atoms with Crippen molar-refractivity contribution in [2.24, 2.45) is 17.6 Å². The van der Waals surface area contributed by atoms with Crippen molar-refractivity contribution in [3.8, 4) is 5.88 Å². The summed E-state index contributed by atoms with van der Waals surface area (Å²) in [4.78, 5) is 15.9. The fourth-order valence-electron chi connectivity index (χ4n) is 2.60. The maximum absolute atomic E-state index is 11.9. The van der Waals surface area contributed by atoms with Gasteiger partial charge in [0.05, 0.1) is 6.61 Å². The average Bonchev–Trinajstić information content (AvgIpc) is 2.85. The van der Waals surface area contributed by atoms with E-state index in [0.29, 0.717) is 31.5 Å². The van der Waals surface area contributed by atoms with Crippen molar-refractivity contribution >= 4 is 0 Å². The van der Waals surface area contributed by atoms with Crippen LogP contribution in [0.15, 0.2) is 17.2 Å². The van der Waals surface area contributed by atoms with Crippen LogP contribution in [0.5, 0.6) is 5.88 Å². The molecule has 100 valence electrons. The number of hydrogen-bond donors (Lipinski definition) is 1. The van der Waals surface area contributed by atoms with Crippen LogP contribution in [-0.4, -0.2) is 22.7 Å². The van der Waals surface area contributed by atoms with Crippen molar-refractivity contribution in [3.63, 3.8) is 0 Å². The third-order valence-corrected chi connectivity index (χ3v) is 3.78. The Kier molecular flexibility index (Phi) is 4.36. The number of nitrogens with two attached hydrogens (primary N) is 1. The van der Waals surface area contributed by atoms with Crippen molar-refractivity contribution in [1.82, 2.24) is 9.55 Å². The van der Waals surface area contributed by atoms with E-state index in [-0.39, 0.29) is 11.4 Å². The van der Waals surface area contributed by atoms with Gasteiger partial charge in [0.25, 0.3) is 5.88 Å². The molecule has 2 unspecified atom stereocenters. The molecule has 1 fully saturated rings. The molecule has 0 bridgehead atoms. The van der Waals surface area contributed by atoms with Gasteiger partial charge in [-0.25, -0.2) is 4.98 Å². The molecule has 0 saturated heterocycles. The number of rotatable bonds is 5. The maximum atomic E-state index is 11.9. The SMILES string of the molecule is CCn1ccnc(OCC2CCCC2CN)c1=O. The zero-order valence-corrected chi connectivity index (χ0v) is 10.8. The number of aromatic nitrogens is 2. The minimum atomic E-state index is -0.151. The molecule has 0 amide bonds. The Morgan fingerprint density at radius 1 is 1.50 bits per heavy atom. The predicted octanol–water partition coefficient (Wildman–Crippen LogP) is 1.02. The highest BCUT2D eigenvalue weighted by molar-refractivity contribution is 5.04. The first-order valence-corrected chi connectivity index (χ1v) is 6.64. The monoisotopic (exact) mass is 251 g/mol. The summed E-state index contributed by atoms with van der Waals surface area (Å²) >= 11 is 0. The van der Waals surface area contributed by atoms with Gasteiger partial charge in [0.2, 0.25) is 0 Å². The summed E-state index contributed by atoms with van der Waals surface area (Å²) < 4.78 is 7.19. The molecule has 2 N–H and O–H groups in total. The van der Waals surface area contributed by atoms with E-state index in [1.807, 2.05) is 6.92 Å². The zero-order chi connectivity index (χ0) is 13.0. The van der Waals surface area contributed by atoms with Crippen molar-refractivity contribution < 1.29 is 4.74 Å². The smallest absolute Gasteiger partial charge is 0.313 e. The van der Waals surface area contributed by atoms with Crippen LogP contribution in [0.3, 0.4) is 0 Å². The first-order chi connectivity index (χ1) is 8.76. The van der Waals surface area contributed by atoms with Gasteiger partial charge in [0.1, 0.15) is 0 Å². The third-order valence-electron chi connectivity index (χ3n) is 3.78. The summed E-state index contributed by atoms with van der Waals surface area (Å²) in [6.45, 7) is 3.81. The Bertz CT molecular complexity index is 444. The summed E-state index contributed by atoms with van der Waals surface area (Å²) in [5.41, 5.74) is 5.58. The molecule has 0 spiro atoms. The van der Waals surface area contributed by atoms with Crippen LogP contribution in [0.2, 0.25) is 0 Å². The summed E-state index contributed by atoms with van der Waals surface area (Å²) in [5, 5.41) is 0. The highest BCUT2D eigenvalue weighted by Crippen LogP contribution is 2.30. The molecule has 5 nitrogen and oxygen atoms in total. The Hall–Kier alpha value is -1.36. The highest BCUT2D eigenvalue weighted by atomic mass is 16.5. The van der Waals surface area contributed by atoms with Crippen LogP contribution in [0.25, 0.3) is 0 Å². The van der Waals surface area contributed by atoms with Gasteiger partial charge in [-0.2, -0.15) is 0 Å². The largest absolute Gasteiger partial charge is 0.473 e. The minimum absolute atomic E-state index is 0.151. The van der Waals surface area contributed by atoms with Gasteiger partial charge in [-0.15, -0.1) is 0 Å². The molecule has 1 aromatic heterocycles. The van der Waals surface area contributed by atoms with E-state index >= 15 is 0 Å². The average molecular weight is 251 g/mol. The van der Waals surface area contributed by atoms with Crippen molar-refractivity contribution in [2.45, 2.75) is 32.7 Å². The molecular formula is C13H21N3O2. The van der Waals surface area contributed by atoms with Crippen LogP contribution in [-0.2, 0) is 6.54 Å². The first-order valence-electron chi connectivity index (χ1n) is 6.64. The molecule has 1 saturated carbocycles. The Balaban J connectivity index is 2.00. The van der Waals surface area contributed by atoms with Gasteiger partial charge in [-0.05, 0) is 38.1 Å². The second kappa shape index (κ2) is 6.00. The molecule has 0 aromatic carbocycles. The molecule has 0 aliphatic heterocycles. The normalized spacial score (nSPS) is 23.2. The third kappa shape index (κ3) is 2.72. The predicted molar refractivity (Wildman–Crippen MR) is 69.6 cm³/mol. The second-order valence-electron chi connectivity index (χ2n) is 4.82. The maximum Gasteiger partial charge on any atom is 0.313 e. The Morgan fingerprint density at radius 3 is 3.00 bits per heavy atom. The standard InChI is InChI=1S/C13H21N3O2/c1-2-16-7-6-15-12(13(16)17)18-9-11-5-3-4-10(11)8-14/h6-7,10-11H,2-5,8-9,14H2,1H3. The number of aryl methyl sites for hydroxylation is 1. The Labute approximate surface area is 107 Å². The van der Waals surface area contributed by atoms with Gasteiger partial charge < -0.3 is 15.0 Å². The van der Waals surface area contributed by atoms with E-state index in [1.54, 1.807) is 17.0 Å². The molecular weight excluding hydrogens is 230 g/mol. The van der Waals surface area contributed by atoms with E-state index in [2.05, 4.69) is 4.98 Å². The lowest BCUT2D eigenvalue weighted by atomic mass is 9.97. The fourth-order valence-corrected chi connectivity index (χ4v) is 2.60. The van der Waals surface area contributed by atoms with Gasteiger partial charge >= 0.3 is 5.56 Å². The number of nitrogens with zero attached hydrogens (tertiary/aromatic N) is 2. The summed E-state index contributed by atoms with van der Waals surface area (Å²) in [6.07, 6.45) is 6.79. The van der Waals surface area contributed by atoms with E-state index in [9.17, 15) is 4.79 Å². The molecule has 1 aliphatic carbocycles.